The van der Waals surface area contributed by atoms with E-state index in [4.69, 9.17) is 9.57 Å². The SMILES string of the molecule is C[C@@H]1ON(c2ccccc2)[C@H](c2ccc(Br)cc2)[C@H]1C(=O)N1CCOC1=O. The van der Waals surface area contributed by atoms with Crippen LogP contribution in [0.4, 0.5) is 10.5 Å². The van der Waals surface area contributed by atoms with E-state index in [-0.39, 0.29) is 31.2 Å². The van der Waals surface area contributed by atoms with Crippen molar-refractivity contribution >= 4 is 33.6 Å². The van der Waals surface area contributed by atoms with Crippen molar-refractivity contribution in [2.45, 2.75) is 19.1 Å². The number of anilines is 1. The van der Waals surface area contributed by atoms with Crippen molar-refractivity contribution in [3.63, 3.8) is 0 Å². The van der Waals surface area contributed by atoms with Gasteiger partial charge in [0, 0.05) is 4.47 Å². The molecule has 7 heteroatoms. The maximum atomic E-state index is 13.2. The molecule has 0 N–H and O–H groups in total. The van der Waals surface area contributed by atoms with Crippen LogP contribution in [0.15, 0.2) is 59.1 Å². The van der Waals surface area contributed by atoms with E-state index in [1.807, 2.05) is 61.5 Å². The normalized spacial score (nSPS) is 25.0. The van der Waals surface area contributed by atoms with Crippen molar-refractivity contribution < 1.29 is 19.2 Å². The summed E-state index contributed by atoms with van der Waals surface area (Å²) in [5.74, 6) is -0.798. The maximum Gasteiger partial charge on any atom is 0.416 e. The molecule has 0 radical (unpaired) electrons. The number of ether oxygens (including phenoxy) is 1. The Labute approximate surface area is 165 Å². The van der Waals surface area contributed by atoms with E-state index < -0.39 is 12.0 Å². The lowest BCUT2D eigenvalue weighted by molar-refractivity contribution is -0.133. The van der Waals surface area contributed by atoms with Crippen molar-refractivity contribution in [1.29, 1.82) is 0 Å². The largest absolute Gasteiger partial charge is 0.447 e. The van der Waals surface area contributed by atoms with Crippen LogP contribution in [0, 0.1) is 5.92 Å². The van der Waals surface area contributed by atoms with Gasteiger partial charge >= 0.3 is 6.09 Å². The standard InChI is InChI=1S/C20H19BrN2O4/c1-13-17(19(24)22-11-12-26-20(22)25)18(14-7-9-15(21)10-8-14)23(27-13)16-5-3-2-4-6-16/h2-10,13,17-18H,11-12H2,1H3/t13-,17-,18+/m0/s1. The zero-order chi connectivity index (χ0) is 19.0. The zero-order valence-electron chi connectivity index (χ0n) is 14.7. The van der Waals surface area contributed by atoms with Gasteiger partial charge in [-0.1, -0.05) is 46.3 Å². The van der Waals surface area contributed by atoms with Gasteiger partial charge in [-0.05, 0) is 36.8 Å². The molecule has 4 rings (SSSR count). The quantitative estimate of drug-likeness (QED) is 0.738. The number of cyclic esters (lactones) is 1. The molecule has 27 heavy (non-hydrogen) atoms. The van der Waals surface area contributed by atoms with Crippen LogP contribution in [-0.4, -0.2) is 36.2 Å². The molecule has 0 aliphatic carbocycles. The lowest BCUT2D eigenvalue weighted by Crippen LogP contribution is -2.41. The van der Waals surface area contributed by atoms with Gasteiger partial charge in [-0.3, -0.25) is 9.63 Å². The molecule has 6 nitrogen and oxygen atoms in total. The van der Waals surface area contributed by atoms with E-state index in [9.17, 15) is 9.59 Å². The summed E-state index contributed by atoms with van der Waals surface area (Å²) < 4.78 is 5.91. The van der Waals surface area contributed by atoms with Gasteiger partial charge in [-0.2, -0.15) is 0 Å². The fourth-order valence-corrected chi connectivity index (χ4v) is 3.89. The van der Waals surface area contributed by atoms with Crippen LogP contribution in [0.3, 0.4) is 0 Å². The van der Waals surface area contributed by atoms with E-state index in [2.05, 4.69) is 15.9 Å². The van der Waals surface area contributed by atoms with Gasteiger partial charge in [0.25, 0.3) is 0 Å². The molecule has 0 unspecified atom stereocenters. The Kier molecular flexibility index (Phi) is 4.88. The summed E-state index contributed by atoms with van der Waals surface area (Å²) in [7, 11) is 0. The third-order valence-corrected chi connectivity index (χ3v) is 5.44. The fraction of sp³-hybridized carbons (Fsp3) is 0.300. The highest BCUT2D eigenvalue weighted by Crippen LogP contribution is 2.43. The van der Waals surface area contributed by atoms with Gasteiger partial charge in [0.1, 0.15) is 6.61 Å². The first-order chi connectivity index (χ1) is 13.1. The Bertz CT molecular complexity index is 843. The number of halogens is 1. The highest BCUT2D eigenvalue weighted by molar-refractivity contribution is 9.10. The second-order valence-electron chi connectivity index (χ2n) is 6.60. The molecule has 2 aromatic carbocycles. The number of hydroxylamine groups is 1. The van der Waals surface area contributed by atoms with E-state index in [0.717, 1.165) is 15.7 Å². The molecule has 0 saturated carbocycles. The molecule has 0 aromatic heterocycles. The molecule has 2 amide bonds. The van der Waals surface area contributed by atoms with Gasteiger partial charge < -0.3 is 4.74 Å². The van der Waals surface area contributed by atoms with Crippen LogP contribution in [0.1, 0.15) is 18.5 Å². The Morgan fingerprint density at radius 1 is 1.11 bits per heavy atom. The van der Waals surface area contributed by atoms with Crippen LogP contribution in [0.25, 0.3) is 0 Å². The molecular weight excluding hydrogens is 412 g/mol. The summed E-state index contributed by atoms with van der Waals surface area (Å²) in [4.78, 5) is 32.4. The number of hydrogen-bond acceptors (Lipinski definition) is 5. The lowest BCUT2D eigenvalue weighted by Gasteiger charge is -2.28. The van der Waals surface area contributed by atoms with E-state index in [1.165, 1.54) is 4.90 Å². The number of nitrogens with zero attached hydrogens (tertiary/aromatic N) is 2. The minimum atomic E-state index is -0.583. The smallest absolute Gasteiger partial charge is 0.416 e. The summed E-state index contributed by atoms with van der Waals surface area (Å²) in [6, 6.07) is 17.1. The van der Waals surface area contributed by atoms with E-state index in [0.29, 0.717) is 0 Å². The molecule has 3 atom stereocenters. The highest BCUT2D eigenvalue weighted by Gasteiger charge is 2.49. The summed E-state index contributed by atoms with van der Waals surface area (Å²) in [5, 5.41) is 1.78. The number of imide groups is 1. The molecule has 0 spiro atoms. The number of carbonyl (C=O) groups is 2. The van der Waals surface area contributed by atoms with E-state index in [1.54, 1.807) is 5.06 Å². The second-order valence-corrected chi connectivity index (χ2v) is 7.51. The predicted molar refractivity (Wildman–Crippen MR) is 103 cm³/mol. The number of carbonyl (C=O) groups excluding carboxylic acids is 2. The Balaban J connectivity index is 1.75. The van der Waals surface area contributed by atoms with Gasteiger partial charge in [0.15, 0.2) is 0 Å². The van der Waals surface area contributed by atoms with Crippen molar-refractivity contribution in [3.8, 4) is 0 Å². The molecule has 0 bridgehead atoms. The third-order valence-electron chi connectivity index (χ3n) is 4.91. The first kappa shape index (κ1) is 18.0. The predicted octanol–water partition coefficient (Wildman–Crippen LogP) is 3.93. The van der Waals surface area contributed by atoms with Gasteiger partial charge in [-0.25, -0.2) is 14.8 Å². The maximum absolute atomic E-state index is 13.2. The molecule has 2 heterocycles. The monoisotopic (exact) mass is 430 g/mol. The molecule has 2 aliphatic heterocycles. The Hall–Kier alpha value is -2.38. The van der Waals surface area contributed by atoms with E-state index >= 15 is 0 Å². The van der Waals surface area contributed by atoms with Crippen LogP contribution < -0.4 is 5.06 Å². The Morgan fingerprint density at radius 2 is 1.81 bits per heavy atom. The zero-order valence-corrected chi connectivity index (χ0v) is 16.3. The number of hydrogen-bond donors (Lipinski definition) is 0. The summed E-state index contributed by atoms with van der Waals surface area (Å²) in [5.41, 5.74) is 1.80. The van der Waals surface area contributed by atoms with Gasteiger partial charge in [0.2, 0.25) is 5.91 Å². The summed E-state index contributed by atoms with van der Waals surface area (Å²) in [6.45, 7) is 2.37. The second kappa shape index (κ2) is 7.32. The van der Waals surface area contributed by atoms with Crippen LogP contribution in [-0.2, 0) is 14.4 Å². The Morgan fingerprint density at radius 3 is 2.44 bits per heavy atom. The topological polar surface area (TPSA) is 59.1 Å². The highest BCUT2D eigenvalue weighted by atomic mass is 79.9. The van der Waals surface area contributed by atoms with Crippen molar-refractivity contribution in [1.82, 2.24) is 4.90 Å². The van der Waals surface area contributed by atoms with Gasteiger partial charge in [-0.15, -0.1) is 0 Å². The molecule has 2 saturated heterocycles. The summed E-state index contributed by atoms with van der Waals surface area (Å²) in [6.07, 6.45) is -0.973. The lowest BCUT2D eigenvalue weighted by atomic mass is 9.88. The number of amides is 2. The first-order valence-corrected chi connectivity index (χ1v) is 9.60. The van der Waals surface area contributed by atoms with Crippen LogP contribution in [0.5, 0.6) is 0 Å². The molecular formula is C20H19BrN2O4. The van der Waals surface area contributed by atoms with Crippen LogP contribution >= 0.6 is 15.9 Å². The minimum Gasteiger partial charge on any atom is -0.447 e. The molecule has 2 fully saturated rings. The average Bonchev–Trinajstić information content (AvgIpc) is 3.26. The molecule has 2 aliphatic rings. The van der Waals surface area contributed by atoms with Crippen LogP contribution in [0.2, 0.25) is 0 Å². The average molecular weight is 431 g/mol. The van der Waals surface area contributed by atoms with Gasteiger partial charge in [0.05, 0.1) is 30.3 Å². The van der Waals surface area contributed by atoms with Crippen molar-refractivity contribution in [3.05, 3.63) is 64.6 Å². The minimum absolute atomic E-state index is 0.234. The summed E-state index contributed by atoms with van der Waals surface area (Å²) >= 11 is 3.45. The fourth-order valence-electron chi connectivity index (χ4n) is 3.62. The molecule has 2 aromatic rings. The number of rotatable bonds is 3. The first-order valence-electron chi connectivity index (χ1n) is 8.81. The number of para-hydroxylation sites is 1. The molecule has 140 valence electrons. The van der Waals surface area contributed by atoms with Crippen molar-refractivity contribution in [2.24, 2.45) is 5.92 Å². The third kappa shape index (κ3) is 3.33. The number of benzene rings is 2. The van der Waals surface area contributed by atoms with Crippen molar-refractivity contribution in [2.75, 3.05) is 18.2 Å².